The summed E-state index contributed by atoms with van der Waals surface area (Å²) in [6, 6.07) is 7.62. The fourth-order valence-electron chi connectivity index (χ4n) is 3.78. The lowest BCUT2D eigenvalue weighted by Crippen LogP contribution is -2.61. The largest absolute Gasteiger partial charge is 0.468 e. The molecule has 0 saturated carbocycles. The number of amides is 3. The summed E-state index contributed by atoms with van der Waals surface area (Å²) in [6.45, 7) is 0.453. The number of rotatable bonds is 7. The molecule has 0 aliphatic carbocycles. The normalized spacial score (nSPS) is 15.1. The van der Waals surface area contributed by atoms with Gasteiger partial charge in [0.25, 0.3) is 0 Å². The Kier molecular flexibility index (Phi) is 7.59. The Hall–Kier alpha value is -3.78. The number of fused-ring (bicyclic) bond motifs is 1. The zero-order valence-corrected chi connectivity index (χ0v) is 20.1. The van der Waals surface area contributed by atoms with Gasteiger partial charge in [0.1, 0.15) is 5.82 Å². The van der Waals surface area contributed by atoms with Crippen molar-refractivity contribution >= 4 is 50.3 Å². The summed E-state index contributed by atoms with van der Waals surface area (Å²) in [5.74, 6) is -4.55. The van der Waals surface area contributed by atoms with E-state index >= 15 is 0 Å². The minimum atomic E-state index is -4.85. The number of aromatic nitrogens is 1. The van der Waals surface area contributed by atoms with Crippen molar-refractivity contribution in [3.05, 3.63) is 53.8 Å². The molecular weight excluding hydrogens is 518 g/mol. The van der Waals surface area contributed by atoms with Crippen LogP contribution in [0.2, 0.25) is 0 Å². The molecule has 0 bridgehead atoms. The summed E-state index contributed by atoms with van der Waals surface area (Å²) in [7, 11) is 1.23. The van der Waals surface area contributed by atoms with Crippen LogP contribution in [-0.4, -0.2) is 66.8 Å². The number of ether oxygens (including phenoxy) is 1. The van der Waals surface area contributed by atoms with Gasteiger partial charge in [0.2, 0.25) is 5.91 Å². The number of anilines is 2. The van der Waals surface area contributed by atoms with Crippen molar-refractivity contribution < 1.29 is 36.7 Å². The topological polar surface area (TPSA) is 113 Å². The van der Waals surface area contributed by atoms with Gasteiger partial charge in [0.05, 0.1) is 29.9 Å². The number of nitrogens with one attached hydrogen (secondary N) is 3. The van der Waals surface area contributed by atoms with Crippen molar-refractivity contribution in [3.63, 3.8) is 0 Å². The molecule has 14 heteroatoms. The zero-order valence-electron chi connectivity index (χ0n) is 19.3. The second-order valence-electron chi connectivity index (χ2n) is 8.28. The van der Waals surface area contributed by atoms with Gasteiger partial charge in [-0.25, -0.2) is 14.2 Å². The second-order valence-corrected chi connectivity index (χ2v) is 9.31. The van der Waals surface area contributed by atoms with E-state index in [4.69, 9.17) is 0 Å². The third-order valence-corrected chi connectivity index (χ3v) is 6.48. The number of carbonyl (C=O) groups excluding carboxylic acids is 3. The fraction of sp³-hybridized carbons (Fsp3) is 0.304. The predicted molar refractivity (Wildman–Crippen MR) is 128 cm³/mol. The van der Waals surface area contributed by atoms with E-state index in [0.29, 0.717) is 15.9 Å². The zero-order chi connectivity index (χ0) is 26.7. The van der Waals surface area contributed by atoms with Crippen LogP contribution in [0.15, 0.2) is 42.5 Å². The molecule has 9 nitrogen and oxygen atoms in total. The Balaban J connectivity index is 1.43. The lowest BCUT2D eigenvalue weighted by Gasteiger charge is -2.39. The minimum Gasteiger partial charge on any atom is -0.468 e. The summed E-state index contributed by atoms with van der Waals surface area (Å²) >= 11 is 0.938. The lowest BCUT2D eigenvalue weighted by molar-refractivity contribution is -0.166. The molecule has 1 unspecified atom stereocenters. The van der Waals surface area contributed by atoms with Crippen molar-refractivity contribution in [2.75, 3.05) is 37.4 Å². The number of hydrogen-bond donors (Lipinski definition) is 3. The molecule has 2 heterocycles. The highest BCUT2D eigenvalue weighted by Gasteiger charge is 2.47. The highest BCUT2D eigenvalue weighted by Crippen LogP contribution is 2.38. The summed E-state index contributed by atoms with van der Waals surface area (Å²) in [5, 5.41) is 7.50. The molecule has 4 rings (SSSR count). The number of urea groups is 1. The van der Waals surface area contributed by atoms with Gasteiger partial charge in [-0.2, -0.15) is 13.2 Å². The van der Waals surface area contributed by atoms with Crippen molar-refractivity contribution in [2.45, 2.75) is 18.1 Å². The van der Waals surface area contributed by atoms with Crippen molar-refractivity contribution in [1.29, 1.82) is 0 Å². The van der Waals surface area contributed by atoms with Crippen LogP contribution in [0.25, 0.3) is 10.2 Å². The van der Waals surface area contributed by atoms with Crippen LogP contribution >= 0.6 is 11.3 Å². The third kappa shape index (κ3) is 6.51. The molecule has 3 amide bonds. The maximum Gasteiger partial charge on any atom is 0.404 e. The van der Waals surface area contributed by atoms with Crippen LogP contribution in [0, 0.1) is 5.82 Å². The van der Waals surface area contributed by atoms with Gasteiger partial charge >= 0.3 is 18.2 Å². The van der Waals surface area contributed by atoms with Crippen LogP contribution in [0.3, 0.4) is 0 Å². The first kappa shape index (κ1) is 26.3. The number of hydrogen-bond acceptors (Lipinski definition) is 7. The second kappa shape index (κ2) is 10.7. The maximum atomic E-state index is 13.9. The SMILES string of the molecule is COC(=O)CN1CC(NC(=O)C(c2ccc3nc(NC(=O)Nc4ccc(F)cc4)sc3c2)C(F)(F)F)C1. The molecule has 1 aliphatic rings. The van der Waals surface area contributed by atoms with Crippen LogP contribution < -0.4 is 16.0 Å². The molecular formula is C23H21F4N5O4S. The monoisotopic (exact) mass is 539 g/mol. The smallest absolute Gasteiger partial charge is 0.404 e. The number of nitrogens with zero attached hydrogens (tertiary/aromatic N) is 2. The van der Waals surface area contributed by atoms with Crippen LogP contribution in [-0.2, 0) is 14.3 Å². The fourth-order valence-corrected chi connectivity index (χ4v) is 4.69. The predicted octanol–water partition coefficient (Wildman–Crippen LogP) is 3.70. The van der Waals surface area contributed by atoms with Crippen molar-refractivity contribution in [2.24, 2.45) is 0 Å². The van der Waals surface area contributed by atoms with Crippen LogP contribution in [0.4, 0.5) is 33.2 Å². The number of esters is 1. The third-order valence-electron chi connectivity index (χ3n) is 5.54. The quantitative estimate of drug-likeness (QED) is 0.312. The lowest BCUT2D eigenvalue weighted by atomic mass is 9.96. The number of benzene rings is 2. The highest BCUT2D eigenvalue weighted by atomic mass is 32.1. The van der Waals surface area contributed by atoms with Gasteiger partial charge in [-0.1, -0.05) is 17.4 Å². The van der Waals surface area contributed by atoms with E-state index < -0.39 is 41.9 Å². The molecule has 1 saturated heterocycles. The summed E-state index contributed by atoms with van der Waals surface area (Å²) in [4.78, 5) is 41.9. The number of likely N-dealkylation sites (tertiary alicyclic amines) is 1. The van der Waals surface area contributed by atoms with Crippen molar-refractivity contribution in [3.8, 4) is 0 Å². The van der Waals surface area contributed by atoms with E-state index in [9.17, 15) is 31.9 Å². The molecule has 1 fully saturated rings. The molecule has 37 heavy (non-hydrogen) atoms. The molecule has 3 aromatic rings. The number of carbonyl (C=O) groups is 3. The average Bonchev–Trinajstić information content (AvgIpc) is 3.19. The Bertz CT molecular complexity index is 1310. The van der Waals surface area contributed by atoms with E-state index in [-0.39, 0.29) is 30.3 Å². The molecule has 1 aromatic heterocycles. The minimum absolute atomic E-state index is 0.00803. The van der Waals surface area contributed by atoms with E-state index in [2.05, 4.69) is 25.7 Å². The number of thiazole rings is 1. The van der Waals surface area contributed by atoms with E-state index in [1.807, 2.05) is 0 Å². The summed E-state index contributed by atoms with van der Waals surface area (Å²) < 4.78 is 59.6. The Morgan fingerprint density at radius 2 is 1.84 bits per heavy atom. The van der Waals surface area contributed by atoms with E-state index in [1.165, 1.54) is 49.6 Å². The summed E-state index contributed by atoms with van der Waals surface area (Å²) in [5.41, 5.74) is 0.403. The molecule has 3 N–H and O–H groups in total. The van der Waals surface area contributed by atoms with Gasteiger partial charge in [0, 0.05) is 18.8 Å². The highest BCUT2D eigenvalue weighted by molar-refractivity contribution is 7.22. The Morgan fingerprint density at radius 3 is 2.49 bits per heavy atom. The molecule has 1 atom stereocenters. The number of alkyl halides is 3. The molecule has 1 aliphatic heterocycles. The van der Waals surface area contributed by atoms with Gasteiger partial charge < -0.3 is 15.4 Å². The first-order valence-corrected chi connectivity index (χ1v) is 11.7. The first-order valence-electron chi connectivity index (χ1n) is 10.9. The standard InChI is InChI=1S/C23H21F4N5O4S/c1-36-18(33)11-32-9-15(10-32)28-20(34)19(23(25,26)27)12-2-7-16-17(8-12)37-22(30-16)31-21(35)29-14-5-3-13(24)4-6-14/h2-8,15,19H,9-11H2,1H3,(H,28,34)(H2,29,30,31,35). The van der Waals surface area contributed by atoms with Gasteiger partial charge in [-0.05, 0) is 42.0 Å². The molecule has 0 spiro atoms. The van der Waals surface area contributed by atoms with Crippen molar-refractivity contribution in [1.82, 2.24) is 15.2 Å². The van der Waals surface area contributed by atoms with Gasteiger partial charge in [0.15, 0.2) is 11.0 Å². The van der Waals surface area contributed by atoms with Gasteiger partial charge in [-0.15, -0.1) is 0 Å². The molecule has 196 valence electrons. The van der Waals surface area contributed by atoms with Crippen LogP contribution in [0.1, 0.15) is 11.5 Å². The van der Waals surface area contributed by atoms with E-state index in [0.717, 1.165) is 11.3 Å². The maximum absolute atomic E-state index is 13.9. The number of halogens is 4. The van der Waals surface area contributed by atoms with E-state index in [1.54, 1.807) is 4.90 Å². The molecule has 2 aromatic carbocycles. The Morgan fingerprint density at radius 1 is 1.14 bits per heavy atom. The first-order chi connectivity index (χ1) is 17.5. The number of methoxy groups -OCH3 is 1. The Labute approximate surface area is 211 Å². The molecule has 0 radical (unpaired) electrons. The van der Waals surface area contributed by atoms with Crippen LogP contribution in [0.5, 0.6) is 0 Å². The summed E-state index contributed by atoms with van der Waals surface area (Å²) in [6.07, 6.45) is -4.85. The van der Waals surface area contributed by atoms with Gasteiger partial charge in [-0.3, -0.25) is 19.8 Å². The average molecular weight is 540 g/mol.